The fourth-order valence-corrected chi connectivity index (χ4v) is 3.78. The summed E-state index contributed by atoms with van der Waals surface area (Å²) in [5, 5.41) is 15.2. The molecule has 4 atom stereocenters. The fraction of sp³-hybridized carbons (Fsp3) is 0.727. The first-order valence-electron chi connectivity index (χ1n) is 11.3. The van der Waals surface area contributed by atoms with E-state index in [1.807, 2.05) is 0 Å². The van der Waals surface area contributed by atoms with Crippen LogP contribution < -0.4 is 16.0 Å². The second kappa shape index (κ2) is 13.9. The van der Waals surface area contributed by atoms with Crippen LogP contribution in [0.4, 0.5) is 0 Å². The van der Waals surface area contributed by atoms with Crippen molar-refractivity contribution in [2.75, 3.05) is 19.5 Å². The number of ketones is 1. The lowest BCUT2D eigenvalue weighted by Gasteiger charge is -2.28. The molecule has 34 heavy (non-hydrogen) atoms. The SMILES string of the molecule is COC(=N)CCC(=O)NC(C)C(=O)N1CCCC1C(=O)NC(C)C(=O)NC(C(=O)CCl)C(C)C. The molecule has 0 radical (unpaired) electrons. The van der Waals surface area contributed by atoms with Crippen LogP contribution in [0.25, 0.3) is 0 Å². The Kier molecular flexibility index (Phi) is 12.0. The zero-order valence-electron chi connectivity index (χ0n) is 20.4. The molecule has 0 aromatic carbocycles. The molecule has 11 nitrogen and oxygen atoms in total. The number of likely N-dealkylation sites (tertiary alicyclic amines) is 1. The van der Waals surface area contributed by atoms with Crippen LogP contribution in [0.1, 0.15) is 53.4 Å². The molecule has 1 aliphatic heterocycles. The van der Waals surface area contributed by atoms with Gasteiger partial charge in [0.1, 0.15) is 18.1 Å². The third-order valence-corrected chi connectivity index (χ3v) is 5.87. The number of nitrogens with one attached hydrogen (secondary N) is 4. The molecular weight excluding hydrogens is 466 g/mol. The summed E-state index contributed by atoms with van der Waals surface area (Å²) in [6.45, 7) is 6.94. The van der Waals surface area contributed by atoms with Crippen molar-refractivity contribution in [3.05, 3.63) is 0 Å². The highest BCUT2D eigenvalue weighted by Gasteiger charge is 2.37. The Morgan fingerprint density at radius 3 is 2.24 bits per heavy atom. The van der Waals surface area contributed by atoms with E-state index in [2.05, 4.69) is 16.0 Å². The highest BCUT2D eigenvalue weighted by atomic mass is 35.5. The number of rotatable bonds is 12. The highest BCUT2D eigenvalue weighted by Crippen LogP contribution is 2.19. The van der Waals surface area contributed by atoms with E-state index in [1.165, 1.54) is 25.9 Å². The third-order valence-electron chi connectivity index (χ3n) is 5.61. The number of nitrogens with zero attached hydrogens (tertiary/aromatic N) is 1. The molecule has 4 N–H and O–H groups in total. The molecule has 0 aromatic rings. The highest BCUT2D eigenvalue weighted by molar-refractivity contribution is 6.28. The van der Waals surface area contributed by atoms with Crippen molar-refractivity contribution in [2.24, 2.45) is 5.92 Å². The lowest BCUT2D eigenvalue weighted by molar-refractivity contribution is -0.141. The van der Waals surface area contributed by atoms with Crippen molar-refractivity contribution in [3.63, 3.8) is 0 Å². The minimum atomic E-state index is -0.928. The average Bonchev–Trinajstić information content (AvgIpc) is 3.29. The quantitative estimate of drug-likeness (QED) is 0.171. The maximum atomic E-state index is 12.9. The molecule has 1 saturated heterocycles. The first-order valence-corrected chi connectivity index (χ1v) is 11.9. The van der Waals surface area contributed by atoms with Gasteiger partial charge in [-0.25, -0.2) is 0 Å². The molecule has 192 valence electrons. The molecule has 4 amide bonds. The van der Waals surface area contributed by atoms with Crippen LogP contribution in [0.15, 0.2) is 0 Å². The van der Waals surface area contributed by atoms with Crippen molar-refractivity contribution in [2.45, 2.75) is 77.5 Å². The zero-order valence-corrected chi connectivity index (χ0v) is 21.2. The molecule has 0 saturated carbocycles. The average molecular weight is 502 g/mol. The Hall–Kier alpha value is -2.69. The lowest BCUT2D eigenvalue weighted by atomic mass is 10.0. The summed E-state index contributed by atoms with van der Waals surface area (Å²) in [6, 6.07) is -3.31. The predicted octanol–water partition coefficient (Wildman–Crippen LogP) is 0.339. The largest absolute Gasteiger partial charge is 0.484 e. The number of ether oxygens (including phenoxy) is 1. The summed E-state index contributed by atoms with van der Waals surface area (Å²) in [6.07, 6.45) is 1.16. The minimum absolute atomic E-state index is 0.00439. The van der Waals surface area contributed by atoms with Crippen LogP contribution in [0.2, 0.25) is 0 Å². The zero-order chi connectivity index (χ0) is 26.0. The Balaban J connectivity index is 2.69. The van der Waals surface area contributed by atoms with E-state index in [4.69, 9.17) is 21.7 Å². The van der Waals surface area contributed by atoms with Crippen LogP contribution in [0.3, 0.4) is 0 Å². The van der Waals surface area contributed by atoms with Gasteiger partial charge in [0.15, 0.2) is 11.7 Å². The van der Waals surface area contributed by atoms with Crippen LogP contribution in [0, 0.1) is 11.3 Å². The summed E-state index contributed by atoms with van der Waals surface area (Å²) >= 11 is 5.62. The molecule has 1 aliphatic rings. The standard InChI is InChI=1S/C22H36ClN5O6/c1-12(2)19(16(29)11-23)27-20(31)13(3)26-21(32)15-7-6-10-28(15)22(33)14(4)25-18(30)9-8-17(24)34-5/h12-15,19,24H,6-11H2,1-5H3,(H,25,30)(H,26,32)(H,27,31). The van der Waals surface area contributed by atoms with Gasteiger partial charge >= 0.3 is 0 Å². The summed E-state index contributed by atoms with van der Waals surface area (Å²) in [4.78, 5) is 63.7. The third kappa shape index (κ3) is 8.58. The first kappa shape index (κ1) is 29.3. The monoisotopic (exact) mass is 501 g/mol. The number of alkyl halides is 1. The number of carbonyl (C=O) groups excluding carboxylic acids is 5. The molecule has 0 aliphatic carbocycles. The van der Waals surface area contributed by atoms with E-state index in [-0.39, 0.29) is 36.3 Å². The van der Waals surface area contributed by atoms with Crippen molar-refractivity contribution in [1.29, 1.82) is 5.41 Å². The van der Waals surface area contributed by atoms with Crippen molar-refractivity contribution in [3.8, 4) is 0 Å². The minimum Gasteiger partial charge on any atom is -0.484 e. The van der Waals surface area contributed by atoms with Gasteiger partial charge in [-0.1, -0.05) is 13.8 Å². The van der Waals surface area contributed by atoms with Crippen LogP contribution in [-0.2, 0) is 28.7 Å². The van der Waals surface area contributed by atoms with Gasteiger partial charge in [0.05, 0.1) is 19.0 Å². The van der Waals surface area contributed by atoms with Crippen molar-refractivity contribution >= 4 is 46.9 Å². The lowest BCUT2D eigenvalue weighted by Crippen LogP contribution is -2.56. The number of hydrogen-bond acceptors (Lipinski definition) is 7. The molecule has 4 unspecified atom stereocenters. The van der Waals surface area contributed by atoms with Gasteiger partial charge in [-0.2, -0.15) is 0 Å². The number of carbonyl (C=O) groups is 5. The molecule has 1 rings (SSSR count). The van der Waals surface area contributed by atoms with Gasteiger partial charge in [-0.3, -0.25) is 29.4 Å². The number of methoxy groups -OCH3 is 1. The molecule has 0 bridgehead atoms. The van der Waals surface area contributed by atoms with Crippen LogP contribution >= 0.6 is 11.6 Å². The summed E-state index contributed by atoms with van der Waals surface area (Å²) in [5.74, 6) is -2.56. The van der Waals surface area contributed by atoms with E-state index < -0.39 is 47.8 Å². The van der Waals surface area contributed by atoms with E-state index in [0.717, 1.165) is 0 Å². The molecule has 12 heteroatoms. The fourth-order valence-electron chi connectivity index (χ4n) is 3.61. The van der Waals surface area contributed by atoms with E-state index in [9.17, 15) is 24.0 Å². The Morgan fingerprint density at radius 2 is 1.68 bits per heavy atom. The van der Waals surface area contributed by atoms with E-state index in [1.54, 1.807) is 13.8 Å². The molecule has 0 spiro atoms. The molecule has 1 heterocycles. The van der Waals surface area contributed by atoms with Crippen LogP contribution in [-0.4, -0.2) is 83.9 Å². The second-order valence-electron chi connectivity index (χ2n) is 8.67. The van der Waals surface area contributed by atoms with Gasteiger partial charge in [0.25, 0.3) is 0 Å². The number of amides is 4. The predicted molar refractivity (Wildman–Crippen MR) is 126 cm³/mol. The smallest absolute Gasteiger partial charge is 0.245 e. The normalized spacial score (nSPS) is 18.0. The Bertz CT molecular complexity index is 790. The van der Waals surface area contributed by atoms with Crippen LogP contribution in [0.5, 0.6) is 0 Å². The molecule has 0 aromatic heterocycles. The number of Topliss-reactive ketones (excluding diaryl/α,β-unsaturated/α-hetero) is 1. The molecular formula is C22H36ClN5O6. The Morgan fingerprint density at radius 1 is 1.03 bits per heavy atom. The maximum Gasteiger partial charge on any atom is 0.245 e. The van der Waals surface area contributed by atoms with Gasteiger partial charge in [0.2, 0.25) is 23.6 Å². The first-order chi connectivity index (χ1) is 15.9. The van der Waals surface area contributed by atoms with Gasteiger partial charge in [-0.05, 0) is 32.6 Å². The number of halogens is 1. The van der Waals surface area contributed by atoms with Gasteiger partial charge < -0.3 is 25.6 Å². The Labute approximate surface area is 205 Å². The van der Waals surface area contributed by atoms with Gasteiger partial charge in [-0.15, -0.1) is 11.6 Å². The topological polar surface area (TPSA) is 158 Å². The van der Waals surface area contributed by atoms with E-state index >= 15 is 0 Å². The molecule has 1 fully saturated rings. The van der Waals surface area contributed by atoms with Gasteiger partial charge in [0, 0.05) is 19.4 Å². The summed E-state index contributed by atoms with van der Waals surface area (Å²) in [5.41, 5.74) is 0. The number of hydrogen-bond donors (Lipinski definition) is 4. The van der Waals surface area contributed by atoms with Crippen molar-refractivity contribution in [1.82, 2.24) is 20.9 Å². The summed E-state index contributed by atoms with van der Waals surface area (Å²) in [7, 11) is 1.34. The van der Waals surface area contributed by atoms with Crippen molar-refractivity contribution < 1.29 is 28.7 Å². The second-order valence-corrected chi connectivity index (χ2v) is 8.93. The maximum absolute atomic E-state index is 12.9. The van der Waals surface area contributed by atoms with E-state index in [0.29, 0.717) is 19.4 Å². The summed E-state index contributed by atoms with van der Waals surface area (Å²) < 4.78 is 4.71.